The van der Waals surface area contributed by atoms with Crippen molar-refractivity contribution in [2.24, 2.45) is 5.92 Å². The number of hydrogen-bond donors (Lipinski definition) is 3. The maximum atomic E-state index is 9.87. The summed E-state index contributed by atoms with van der Waals surface area (Å²) in [5.74, 6) is 1.84. The fourth-order valence-electron chi connectivity index (χ4n) is 3.36. The Morgan fingerprint density at radius 3 is 2.24 bits per heavy atom. The van der Waals surface area contributed by atoms with Crippen LogP contribution in [0, 0.1) is 5.92 Å². The van der Waals surface area contributed by atoms with E-state index in [1.165, 1.54) is 0 Å². The Bertz CT molecular complexity index is 903. The zero-order valence-electron chi connectivity index (χ0n) is 18.1. The molecule has 0 fully saturated rings. The van der Waals surface area contributed by atoms with Crippen molar-refractivity contribution in [3.8, 4) is 11.4 Å². The normalized spacial score (nSPS) is 12.9. The lowest BCUT2D eigenvalue weighted by molar-refractivity contribution is 0.248. The van der Waals surface area contributed by atoms with Crippen molar-refractivity contribution < 1.29 is 5.11 Å². The van der Waals surface area contributed by atoms with E-state index in [9.17, 15) is 5.11 Å². The molecule has 29 heavy (non-hydrogen) atoms. The maximum absolute atomic E-state index is 9.87. The van der Waals surface area contributed by atoms with E-state index in [1.807, 2.05) is 30.3 Å². The second-order valence-electron chi connectivity index (χ2n) is 8.35. The molecular formula is C22H32N6O. The zero-order valence-corrected chi connectivity index (χ0v) is 18.1. The molecule has 3 N–H and O–H groups in total. The highest BCUT2D eigenvalue weighted by molar-refractivity contribution is 5.78. The molecular weight excluding hydrogens is 364 g/mol. The van der Waals surface area contributed by atoms with Crippen molar-refractivity contribution in [3.05, 3.63) is 36.0 Å². The smallest absolute Gasteiger partial charge is 0.205 e. The third-order valence-electron chi connectivity index (χ3n) is 5.05. The van der Waals surface area contributed by atoms with Gasteiger partial charge in [0, 0.05) is 11.7 Å². The molecule has 0 bridgehead atoms. The van der Waals surface area contributed by atoms with Gasteiger partial charge in [0.2, 0.25) is 5.95 Å². The van der Waals surface area contributed by atoms with Crippen LogP contribution in [0.3, 0.4) is 0 Å². The SMILES string of the molecule is CC(C)c1nnc2c(Nc3ccccc3)nc(NC(CO)C(C)C)n(C(C)C)c1-2. The lowest BCUT2D eigenvalue weighted by atomic mass is 10.0. The summed E-state index contributed by atoms with van der Waals surface area (Å²) in [5.41, 5.74) is 3.61. The molecule has 1 unspecified atom stereocenters. The number of hydrogen-bond acceptors (Lipinski definition) is 6. The van der Waals surface area contributed by atoms with Gasteiger partial charge in [0.15, 0.2) is 11.5 Å². The molecule has 0 aromatic heterocycles. The van der Waals surface area contributed by atoms with E-state index in [4.69, 9.17) is 4.98 Å². The Balaban J connectivity index is 2.20. The number of nitrogens with zero attached hydrogens (tertiary/aromatic N) is 4. The zero-order chi connectivity index (χ0) is 21.1. The van der Waals surface area contributed by atoms with E-state index in [1.54, 1.807) is 0 Å². The first-order valence-electron chi connectivity index (χ1n) is 10.3. The molecule has 0 radical (unpaired) electrons. The highest BCUT2D eigenvalue weighted by Crippen LogP contribution is 2.38. The van der Waals surface area contributed by atoms with Crippen molar-refractivity contribution in [1.29, 1.82) is 0 Å². The number of anilines is 3. The van der Waals surface area contributed by atoms with Gasteiger partial charge in [0.25, 0.3) is 0 Å². The number of nitrogens with one attached hydrogen (secondary N) is 2. The molecule has 156 valence electrons. The number of aliphatic hydroxyl groups is 1. The first-order valence-corrected chi connectivity index (χ1v) is 10.3. The van der Waals surface area contributed by atoms with E-state index < -0.39 is 0 Å². The van der Waals surface area contributed by atoms with Crippen LogP contribution in [0.5, 0.6) is 0 Å². The minimum Gasteiger partial charge on any atom is -0.394 e. The van der Waals surface area contributed by atoms with E-state index in [0.29, 0.717) is 11.8 Å². The second-order valence-corrected chi connectivity index (χ2v) is 8.35. The topological polar surface area (TPSA) is 87.9 Å². The van der Waals surface area contributed by atoms with Crippen molar-refractivity contribution in [2.75, 3.05) is 17.2 Å². The number of aliphatic hydroxyl groups excluding tert-OH is 1. The van der Waals surface area contributed by atoms with Crippen LogP contribution >= 0.6 is 0 Å². The number of para-hydroxylation sites is 1. The number of fused-ring (bicyclic) bond motifs is 1. The molecule has 2 aliphatic rings. The molecule has 0 aliphatic carbocycles. The lowest BCUT2D eigenvalue weighted by Gasteiger charge is -2.28. The van der Waals surface area contributed by atoms with Crippen molar-refractivity contribution in [3.63, 3.8) is 0 Å². The minimum absolute atomic E-state index is 0.0332. The Morgan fingerprint density at radius 2 is 1.69 bits per heavy atom. The molecule has 1 atom stereocenters. The van der Waals surface area contributed by atoms with Crippen LogP contribution in [0.25, 0.3) is 11.4 Å². The summed E-state index contributed by atoms with van der Waals surface area (Å²) in [7, 11) is 0. The molecule has 0 amide bonds. The molecule has 2 heterocycles. The van der Waals surface area contributed by atoms with Crippen LogP contribution in [0.2, 0.25) is 0 Å². The Kier molecular flexibility index (Phi) is 6.37. The summed E-state index contributed by atoms with van der Waals surface area (Å²) < 4.78 is 2.14. The lowest BCUT2D eigenvalue weighted by Crippen LogP contribution is -2.32. The molecule has 2 aliphatic heterocycles. The summed E-state index contributed by atoms with van der Waals surface area (Å²) in [6.45, 7) is 12.7. The van der Waals surface area contributed by atoms with Gasteiger partial charge in [0.05, 0.1) is 24.0 Å². The monoisotopic (exact) mass is 396 g/mol. The molecule has 0 spiro atoms. The maximum Gasteiger partial charge on any atom is 0.205 e. The quantitative estimate of drug-likeness (QED) is 0.513. The summed E-state index contributed by atoms with van der Waals surface area (Å²) in [6, 6.07) is 9.97. The molecule has 1 aromatic rings. The highest BCUT2D eigenvalue weighted by Gasteiger charge is 2.29. The Labute approximate surface area is 172 Å². The fourth-order valence-corrected chi connectivity index (χ4v) is 3.36. The van der Waals surface area contributed by atoms with Crippen LogP contribution in [-0.4, -0.2) is 37.5 Å². The standard InChI is InChI=1S/C22H32N6O/c1-13(2)17(12-29)24-22-25-21(23-16-10-8-7-9-11-16)19-20(28(22)15(5)6)18(14(3)4)26-27-19/h7-11,13-15,17,23,29H,12H2,1-6H3,(H,24,25). The first-order chi connectivity index (χ1) is 13.8. The predicted octanol–water partition coefficient (Wildman–Crippen LogP) is 4.65. The van der Waals surface area contributed by atoms with Crippen LogP contribution in [0.15, 0.2) is 30.3 Å². The summed E-state index contributed by atoms with van der Waals surface area (Å²) in [5, 5.41) is 25.7. The average Bonchev–Trinajstić information content (AvgIpc) is 3.11. The van der Waals surface area contributed by atoms with Crippen molar-refractivity contribution in [2.45, 2.75) is 59.5 Å². The van der Waals surface area contributed by atoms with E-state index in [-0.39, 0.29) is 30.5 Å². The van der Waals surface area contributed by atoms with Gasteiger partial charge < -0.3 is 20.3 Å². The van der Waals surface area contributed by atoms with Crippen LogP contribution in [-0.2, 0) is 0 Å². The van der Waals surface area contributed by atoms with E-state index in [2.05, 4.69) is 66.9 Å². The van der Waals surface area contributed by atoms with Crippen LogP contribution in [0.4, 0.5) is 17.5 Å². The summed E-state index contributed by atoms with van der Waals surface area (Å²) >= 11 is 0. The highest BCUT2D eigenvalue weighted by atomic mass is 16.3. The fraction of sp³-hybridized carbons (Fsp3) is 0.500. The van der Waals surface area contributed by atoms with Crippen molar-refractivity contribution in [1.82, 2.24) is 19.7 Å². The Morgan fingerprint density at radius 1 is 1.00 bits per heavy atom. The van der Waals surface area contributed by atoms with Gasteiger partial charge in [-0.25, -0.2) is 0 Å². The number of benzene rings is 1. The van der Waals surface area contributed by atoms with E-state index >= 15 is 0 Å². The average molecular weight is 397 g/mol. The number of aromatic nitrogens is 4. The Hall–Kier alpha value is -2.67. The van der Waals surface area contributed by atoms with Gasteiger partial charge in [-0.3, -0.25) is 0 Å². The molecule has 7 nitrogen and oxygen atoms in total. The van der Waals surface area contributed by atoms with Gasteiger partial charge in [-0.05, 0) is 37.8 Å². The third kappa shape index (κ3) is 4.34. The molecule has 3 rings (SSSR count). The van der Waals surface area contributed by atoms with Crippen LogP contribution < -0.4 is 10.6 Å². The van der Waals surface area contributed by atoms with Crippen molar-refractivity contribution >= 4 is 17.5 Å². The largest absolute Gasteiger partial charge is 0.394 e. The summed E-state index contributed by atoms with van der Waals surface area (Å²) in [4.78, 5) is 4.89. The third-order valence-corrected chi connectivity index (χ3v) is 5.05. The molecule has 0 saturated carbocycles. The molecule has 0 saturated heterocycles. The first kappa shape index (κ1) is 21.0. The van der Waals surface area contributed by atoms with E-state index in [0.717, 1.165) is 22.8 Å². The number of rotatable bonds is 8. The van der Waals surface area contributed by atoms with Gasteiger partial charge in [-0.2, -0.15) is 10.1 Å². The van der Waals surface area contributed by atoms with Gasteiger partial charge in [0.1, 0.15) is 0 Å². The molecule has 7 heteroatoms. The van der Waals surface area contributed by atoms with Crippen LogP contribution in [0.1, 0.15) is 59.2 Å². The molecule has 1 aromatic carbocycles. The predicted molar refractivity (Wildman–Crippen MR) is 118 cm³/mol. The van der Waals surface area contributed by atoms with Gasteiger partial charge in [-0.15, -0.1) is 5.10 Å². The van der Waals surface area contributed by atoms with Gasteiger partial charge >= 0.3 is 0 Å². The second kappa shape index (κ2) is 8.78. The summed E-state index contributed by atoms with van der Waals surface area (Å²) in [6.07, 6.45) is 0. The van der Waals surface area contributed by atoms with Gasteiger partial charge in [-0.1, -0.05) is 45.9 Å². The minimum atomic E-state index is -0.104.